The van der Waals surface area contributed by atoms with E-state index in [0.29, 0.717) is 11.4 Å². The number of aromatic amines is 1. The Morgan fingerprint density at radius 1 is 1.24 bits per heavy atom. The third-order valence-electron chi connectivity index (χ3n) is 2.21. The van der Waals surface area contributed by atoms with Crippen LogP contribution in [0.5, 0.6) is 0 Å². The number of hydrogen-bond donors (Lipinski definition) is 2. The lowest BCUT2D eigenvalue weighted by atomic mass is 10.1. The van der Waals surface area contributed by atoms with Crippen LogP contribution in [0.2, 0.25) is 0 Å². The highest BCUT2D eigenvalue weighted by molar-refractivity contribution is 5.98. The van der Waals surface area contributed by atoms with Crippen LogP contribution in [0.15, 0.2) is 47.4 Å². The Balaban J connectivity index is 2.00. The predicted octanol–water partition coefficient (Wildman–Crippen LogP) is 1.06. The molecule has 17 heavy (non-hydrogen) atoms. The molecule has 1 heterocycles. The smallest absolute Gasteiger partial charge is 0.346 e. The van der Waals surface area contributed by atoms with Gasteiger partial charge in [-0.05, 0) is 6.07 Å². The lowest BCUT2D eigenvalue weighted by Gasteiger charge is -2.04. The van der Waals surface area contributed by atoms with Crippen molar-refractivity contribution in [1.82, 2.24) is 9.97 Å². The van der Waals surface area contributed by atoms with E-state index in [0.717, 1.165) is 0 Å². The summed E-state index contributed by atoms with van der Waals surface area (Å²) in [4.78, 5) is 28.6. The summed E-state index contributed by atoms with van der Waals surface area (Å²) in [5.74, 6) is 0.442. The number of aromatic nitrogens is 2. The Hall–Kier alpha value is -2.43. The minimum atomic E-state index is -0.442. The monoisotopic (exact) mass is 229 g/mol. The molecular weight excluding hydrogens is 218 g/mol. The number of nitrogens with zero attached hydrogens (tertiary/aromatic N) is 1. The van der Waals surface area contributed by atoms with Crippen LogP contribution >= 0.6 is 0 Å². The summed E-state index contributed by atoms with van der Waals surface area (Å²) in [5.41, 5.74) is 0.193. The number of carbonyl (C=O) groups is 1. The normalized spacial score (nSPS) is 9.88. The van der Waals surface area contributed by atoms with Crippen molar-refractivity contribution in [2.45, 2.75) is 0 Å². The van der Waals surface area contributed by atoms with Crippen molar-refractivity contribution in [2.75, 3.05) is 11.9 Å². The third-order valence-corrected chi connectivity index (χ3v) is 2.21. The molecule has 0 saturated heterocycles. The second-order valence-corrected chi connectivity index (χ2v) is 3.43. The van der Waals surface area contributed by atoms with E-state index in [1.807, 2.05) is 18.2 Å². The van der Waals surface area contributed by atoms with Gasteiger partial charge in [-0.2, -0.15) is 0 Å². The molecule has 1 aromatic heterocycles. The zero-order valence-electron chi connectivity index (χ0n) is 9.01. The molecule has 0 saturated carbocycles. The van der Waals surface area contributed by atoms with Gasteiger partial charge in [0.2, 0.25) is 0 Å². The van der Waals surface area contributed by atoms with Crippen molar-refractivity contribution in [3.8, 4) is 0 Å². The molecule has 2 N–H and O–H groups in total. The zero-order valence-corrected chi connectivity index (χ0v) is 9.01. The van der Waals surface area contributed by atoms with Crippen LogP contribution in [-0.2, 0) is 0 Å². The summed E-state index contributed by atoms with van der Waals surface area (Å²) in [5, 5.41) is 2.84. The highest BCUT2D eigenvalue weighted by atomic mass is 16.1. The average Bonchev–Trinajstić information content (AvgIpc) is 2.37. The van der Waals surface area contributed by atoms with Crippen LogP contribution in [0.3, 0.4) is 0 Å². The van der Waals surface area contributed by atoms with Gasteiger partial charge in [0.15, 0.2) is 5.78 Å². The van der Waals surface area contributed by atoms with Gasteiger partial charge in [-0.1, -0.05) is 30.3 Å². The Labute approximate surface area is 97.5 Å². The molecule has 0 aliphatic rings. The van der Waals surface area contributed by atoms with Crippen molar-refractivity contribution < 1.29 is 4.79 Å². The average molecular weight is 229 g/mol. The number of rotatable bonds is 4. The second kappa shape index (κ2) is 5.07. The third kappa shape index (κ3) is 3.01. The molecule has 0 unspecified atom stereocenters. The maximum absolute atomic E-state index is 11.7. The van der Waals surface area contributed by atoms with Crippen LogP contribution in [-0.4, -0.2) is 22.3 Å². The topological polar surface area (TPSA) is 74.8 Å². The molecule has 2 aromatic rings. The number of anilines is 1. The maximum atomic E-state index is 11.7. The van der Waals surface area contributed by atoms with E-state index >= 15 is 0 Å². The lowest BCUT2D eigenvalue weighted by molar-refractivity contribution is 0.101. The number of nitrogens with one attached hydrogen (secondary N) is 2. The van der Waals surface area contributed by atoms with Gasteiger partial charge in [0, 0.05) is 11.8 Å². The number of ketones is 1. The van der Waals surface area contributed by atoms with Crippen LogP contribution < -0.4 is 11.0 Å². The highest BCUT2D eigenvalue weighted by Gasteiger charge is 2.04. The largest absolute Gasteiger partial charge is 0.364 e. The van der Waals surface area contributed by atoms with Crippen LogP contribution in [0, 0.1) is 0 Å². The Morgan fingerprint density at radius 2 is 2.00 bits per heavy atom. The van der Waals surface area contributed by atoms with Gasteiger partial charge in [0.05, 0.1) is 6.54 Å². The van der Waals surface area contributed by atoms with E-state index in [-0.39, 0.29) is 12.3 Å². The van der Waals surface area contributed by atoms with Crippen molar-refractivity contribution in [2.24, 2.45) is 0 Å². The maximum Gasteiger partial charge on any atom is 0.346 e. The van der Waals surface area contributed by atoms with Gasteiger partial charge in [-0.15, -0.1) is 0 Å². The summed E-state index contributed by atoms with van der Waals surface area (Å²) in [6, 6.07) is 10.6. The Kier molecular flexibility index (Phi) is 3.30. The molecule has 2 rings (SSSR count). The first kappa shape index (κ1) is 11.1. The molecule has 5 heteroatoms. The fourth-order valence-corrected chi connectivity index (χ4v) is 1.37. The minimum Gasteiger partial charge on any atom is -0.364 e. The zero-order chi connectivity index (χ0) is 12.1. The quantitative estimate of drug-likeness (QED) is 0.769. The van der Waals surface area contributed by atoms with E-state index in [9.17, 15) is 9.59 Å². The summed E-state index contributed by atoms with van der Waals surface area (Å²) < 4.78 is 0. The van der Waals surface area contributed by atoms with Crippen molar-refractivity contribution in [3.63, 3.8) is 0 Å². The van der Waals surface area contributed by atoms with Crippen LogP contribution in [0.4, 0.5) is 5.82 Å². The second-order valence-electron chi connectivity index (χ2n) is 3.43. The van der Waals surface area contributed by atoms with Gasteiger partial charge in [0.1, 0.15) is 5.82 Å². The number of carbonyl (C=O) groups excluding carboxylic acids is 1. The van der Waals surface area contributed by atoms with E-state index in [2.05, 4.69) is 15.3 Å². The van der Waals surface area contributed by atoms with Gasteiger partial charge in [0.25, 0.3) is 0 Å². The van der Waals surface area contributed by atoms with E-state index < -0.39 is 5.69 Å². The molecule has 0 amide bonds. The molecule has 5 nitrogen and oxygen atoms in total. The van der Waals surface area contributed by atoms with E-state index in [1.54, 1.807) is 18.2 Å². The van der Waals surface area contributed by atoms with Crippen LogP contribution in [0.25, 0.3) is 0 Å². The van der Waals surface area contributed by atoms with Crippen molar-refractivity contribution in [1.29, 1.82) is 0 Å². The lowest BCUT2D eigenvalue weighted by Crippen LogP contribution is -2.18. The number of benzene rings is 1. The molecule has 0 atom stereocenters. The fraction of sp³-hybridized carbons (Fsp3) is 0.0833. The molecular formula is C12H11N3O2. The number of H-pyrrole nitrogens is 1. The summed E-state index contributed by atoms with van der Waals surface area (Å²) >= 11 is 0. The Morgan fingerprint density at radius 3 is 2.71 bits per heavy atom. The molecule has 1 aromatic carbocycles. The molecule has 0 fully saturated rings. The van der Waals surface area contributed by atoms with Gasteiger partial charge < -0.3 is 5.32 Å². The SMILES string of the molecule is O=C(CNc1ccnc(=O)[nH]1)c1ccccc1. The summed E-state index contributed by atoms with van der Waals surface area (Å²) in [6.45, 7) is 0.129. The highest BCUT2D eigenvalue weighted by Crippen LogP contribution is 2.01. The predicted molar refractivity (Wildman–Crippen MR) is 64.1 cm³/mol. The van der Waals surface area contributed by atoms with Crippen LogP contribution in [0.1, 0.15) is 10.4 Å². The molecule has 0 radical (unpaired) electrons. The van der Waals surface area contributed by atoms with Gasteiger partial charge in [-0.25, -0.2) is 9.78 Å². The van der Waals surface area contributed by atoms with Crippen molar-refractivity contribution >= 4 is 11.6 Å². The number of hydrogen-bond acceptors (Lipinski definition) is 4. The molecule has 0 spiro atoms. The van der Waals surface area contributed by atoms with Gasteiger partial charge >= 0.3 is 5.69 Å². The minimum absolute atomic E-state index is 0.0386. The van der Waals surface area contributed by atoms with E-state index in [4.69, 9.17) is 0 Å². The first-order valence-electron chi connectivity index (χ1n) is 5.13. The fourth-order valence-electron chi connectivity index (χ4n) is 1.37. The number of Topliss-reactive ketones (excluding diaryl/α,β-unsaturated/α-hetero) is 1. The molecule has 86 valence electrons. The van der Waals surface area contributed by atoms with Crippen molar-refractivity contribution in [3.05, 3.63) is 58.6 Å². The molecule has 0 aliphatic carbocycles. The summed E-state index contributed by atoms with van der Waals surface area (Å²) in [7, 11) is 0. The first-order chi connectivity index (χ1) is 8.25. The standard InChI is InChI=1S/C12H11N3O2/c16-10(9-4-2-1-3-5-9)8-14-11-6-7-13-12(17)15-11/h1-7H,8H2,(H2,13,14,15,17). The first-order valence-corrected chi connectivity index (χ1v) is 5.13. The molecule has 0 aliphatic heterocycles. The van der Waals surface area contributed by atoms with Gasteiger partial charge in [-0.3, -0.25) is 9.78 Å². The Bertz CT molecular complexity index is 563. The summed E-state index contributed by atoms with van der Waals surface area (Å²) in [6.07, 6.45) is 1.38. The molecule has 0 bridgehead atoms. The van der Waals surface area contributed by atoms with E-state index in [1.165, 1.54) is 6.20 Å².